The zero-order valence-corrected chi connectivity index (χ0v) is 10.6. The molecule has 1 aliphatic rings. The van der Waals surface area contributed by atoms with Gasteiger partial charge in [0.2, 0.25) is 0 Å². The minimum atomic E-state index is -0.306. The van der Waals surface area contributed by atoms with Gasteiger partial charge >= 0.3 is 0 Å². The minimum Gasteiger partial charge on any atom is -0.392 e. The van der Waals surface area contributed by atoms with Crippen LogP contribution in [0.2, 0.25) is 10.0 Å². The summed E-state index contributed by atoms with van der Waals surface area (Å²) in [5, 5.41) is 11.4. The normalized spacial score (nSPS) is 18.9. The molecule has 1 fully saturated rings. The average molecular weight is 259 g/mol. The van der Waals surface area contributed by atoms with Gasteiger partial charge in [0.25, 0.3) is 0 Å². The number of halogens is 2. The van der Waals surface area contributed by atoms with Crippen LogP contribution in [0, 0.1) is 5.92 Å². The average Bonchev–Trinajstić information content (AvgIpc) is 2.76. The van der Waals surface area contributed by atoms with Crippen molar-refractivity contribution in [2.75, 3.05) is 0 Å². The first-order valence-electron chi connectivity index (χ1n) is 5.79. The second-order valence-electron chi connectivity index (χ2n) is 4.52. The van der Waals surface area contributed by atoms with Crippen LogP contribution in [-0.4, -0.2) is 11.2 Å². The third-order valence-corrected chi connectivity index (χ3v) is 4.13. The molecule has 0 heterocycles. The predicted molar refractivity (Wildman–Crippen MR) is 68.1 cm³/mol. The third kappa shape index (κ3) is 2.71. The summed E-state index contributed by atoms with van der Waals surface area (Å²) in [5.41, 5.74) is 0.880. The van der Waals surface area contributed by atoms with Crippen LogP contribution in [0.5, 0.6) is 0 Å². The molecule has 16 heavy (non-hydrogen) atoms. The summed E-state index contributed by atoms with van der Waals surface area (Å²) in [6.45, 7) is 0. The highest BCUT2D eigenvalue weighted by molar-refractivity contribution is 6.35. The van der Waals surface area contributed by atoms with Gasteiger partial charge < -0.3 is 5.11 Å². The summed E-state index contributed by atoms with van der Waals surface area (Å²) in [6.07, 6.45) is 4.99. The van der Waals surface area contributed by atoms with Gasteiger partial charge in [0.1, 0.15) is 0 Å². The Hall–Kier alpha value is -0.240. The maximum atomic E-state index is 10.1. The van der Waals surface area contributed by atoms with E-state index in [1.165, 1.54) is 12.8 Å². The molecule has 1 aromatic carbocycles. The molecule has 0 amide bonds. The van der Waals surface area contributed by atoms with E-state index in [0.717, 1.165) is 18.4 Å². The van der Waals surface area contributed by atoms with Crippen LogP contribution in [0.4, 0.5) is 0 Å². The van der Waals surface area contributed by atoms with E-state index in [1.54, 1.807) is 0 Å². The monoisotopic (exact) mass is 258 g/mol. The van der Waals surface area contributed by atoms with Crippen LogP contribution in [0.15, 0.2) is 18.2 Å². The van der Waals surface area contributed by atoms with E-state index in [1.807, 2.05) is 18.2 Å². The quantitative estimate of drug-likeness (QED) is 0.866. The predicted octanol–water partition coefficient (Wildman–Crippen LogP) is 4.09. The Kier molecular flexibility index (Phi) is 4.12. The van der Waals surface area contributed by atoms with E-state index in [4.69, 9.17) is 23.2 Å². The maximum Gasteiger partial charge on any atom is 0.0609 e. The zero-order valence-electron chi connectivity index (χ0n) is 9.13. The van der Waals surface area contributed by atoms with E-state index in [-0.39, 0.29) is 6.10 Å². The van der Waals surface area contributed by atoms with Gasteiger partial charge in [0.05, 0.1) is 6.10 Å². The standard InChI is InChI=1S/C13H16Cl2O/c14-11-6-3-7-12(15)10(11)8-13(16)9-4-1-2-5-9/h3,6-7,9,13,16H,1-2,4-5,8H2. The fourth-order valence-corrected chi connectivity index (χ4v) is 3.00. The van der Waals surface area contributed by atoms with E-state index >= 15 is 0 Å². The molecule has 1 nitrogen and oxygen atoms in total. The molecule has 0 bridgehead atoms. The lowest BCUT2D eigenvalue weighted by Gasteiger charge is -2.18. The van der Waals surface area contributed by atoms with Gasteiger partial charge in [-0.15, -0.1) is 0 Å². The smallest absolute Gasteiger partial charge is 0.0609 e. The van der Waals surface area contributed by atoms with Gasteiger partial charge in [0.15, 0.2) is 0 Å². The second kappa shape index (κ2) is 5.39. The van der Waals surface area contributed by atoms with Crippen LogP contribution in [-0.2, 0) is 6.42 Å². The van der Waals surface area contributed by atoms with Crippen LogP contribution in [0.25, 0.3) is 0 Å². The van der Waals surface area contributed by atoms with Crippen molar-refractivity contribution in [3.63, 3.8) is 0 Å². The zero-order chi connectivity index (χ0) is 11.5. The fraction of sp³-hybridized carbons (Fsp3) is 0.538. The minimum absolute atomic E-state index is 0.306. The van der Waals surface area contributed by atoms with Crippen LogP contribution < -0.4 is 0 Å². The first kappa shape index (κ1) is 12.2. The van der Waals surface area contributed by atoms with Crippen LogP contribution in [0.1, 0.15) is 31.2 Å². The molecule has 0 aliphatic heterocycles. The molecule has 1 atom stereocenters. The van der Waals surface area contributed by atoms with E-state index in [9.17, 15) is 5.11 Å². The lowest BCUT2D eigenvalue weighted by molar-refractivity contribution is 0.111. The topological polar surface area (TPSA) is 20.2 Å². The van der Waals surface area contributed by atoms with Gasteiger partial charge in [0, 0.05) is 16.5 Å². The number of benzene rings is 1. The lowest BCUT2D eigenvalue weighted by Crippen LogP contribution is -2.20. The molecule has 1 aromatic rings. The molecule has 1 N–H and O–H groups in total. The second-order valence-corrected chi connectivity index (χ2v) is 5.33. The number of hydrogen-bond acceptors (Lipinski definition) is 1. The number of hydrogen-bond donors (Lipinski definition) is 1. The van der Waals surface area contributed by atoms with Crippen molar-refractivity contribution < 1.29 is 5.11 Å². The molecule has 0 radical (unpaired) electrons. The van der Waals surface area contributed by atoms with Crippen molar-refractivity contribution in [3.05, 3.63) is 33.8 Å². The van der Waals surface area contributed by atoms with E-state index < -0.39 is 0 Å². The van der Waals surface area contributed by atoms with Crippen molar-refractivity contribution in [3.8, 4) is 0 Å². The highest BCUT2D eigenvalue weighted by Gasteiger charge is 2.24. The fourth-order valence-electron chi connectivity index (χ4n) is 2.45. The van der Waals surface area contributed by atoms with Crippen molar-refractivity contribution in [1.29, 1.82) is 0 Å². The SMILES string of the molecule is OC(Cc1c(Cl)cccc1Cl)C1CCCC1. The molecular formula is C13H16Cl2O. The molecule has 2 rings (SSSR count). The van der Waals surface area contributed by atoms with Gasteiger partial charge in [-0.3, -0.25) is 0 Å². The molecule has 88 valence electrons. The van der Waals surface area contributed by atoms with Crippen molar-refractivity contribution >= 4 is 23.2 Å². The largest absolute Gasteiger partial charge is 0.392 e. The molecule has 1 aliphatic carbocycles. The van der Waals surface area contributed by atoms with Crippen molar-refractivity contribution in [1.82, 2.24) is 0 Å². The Balaban J connectivity index is 2.07. The summed E-state index contributed by atoms with van der Waals surface area (Å²) >= 11 is 12.2. The Morgan fingerprint density at radius 1 is 1.19 bits per heavy atom. The summed E-state index contributed by atoms with van der Waals surface area (Å²) < 4.78 is 0. The van der Waals surface area contributed by atoms with Gasteiger partial charge in [-0.25, -0.2) is 0 Å². The van der Waals surface area contributed by atoms with E-state index in [2.05, 4.69) is 0 Å². The molecule has 1 saturated carbocycles. The summed E-state index contributed by atoms with van der Waals surface area (Å²) in [7, 11) is 0. The highest BCUT2D eigenvalue weighted by Crippen LogP contribution is 2.32. The summed E-state index contributed by atoms with van der Waals surface area (Å²) in [6, 6.07) is 5.48. The number of aliphatic hydroxyl groups excluding tert-OH is 1. The van der Waals surface area contributed by atoms with Crippen molar-refractivity contribution in [2.24, 2.45) is 5.92 Å². The van der Waals surface area contributed by atoms with E-state index in [0.29, 0.717) is 22.4 Å². The van der Waals surface area contributed by atoms with Crippen LogP contribution in [0.3, 0.4) is 0 Å². The Labute approximate surface area is 106 Å². The first-order valence-corrected chi connectivity index (χ1v) is 6.55. The van der Waals surface area contributed by atoms with Gasteiger partial charge in [-0.05, 0) is 36.5 Å². The highest BCUT2D eigenvalue weighted by atomic mass is 35.5. The first-order chi connectivity index (χ1) is 7.68. The summed E-state index contributed by atoms with van der Waals surface area (Å²) in [5.74, 6) is 0.423. The molecule has 0 saturated heterocycles. The maximum absolute atomic E-state index is 10.1. The number of rotatable bonds is 3. The Morgan fingerprint density at radius 2 is 1.75 bits per heavy atom. The van der Waals surface area contributed by atoms with Crippen molar-refractivity contribution in [2.45, 2.75) is 38.2 Å². The van der Waals surface area contributed by atoms with Crippen LogP contribution >= 0.6 is 23.2 Å². The number of aliphatic hydroxyl groups is 1. The Morgan fingerprint density at radius 3 is 2.31 bits per heavy atom. The lowest BCUT2D eigenvalue weighted by atomic mass is 9.95. The summed E-state index contributed by atoms with van der Waals surface area (Å²) in [4.78, 5) is 0. The van der Waals surface area contributed by atoms with Gasteiger partial charge in [-0.2, -0.15) is 0 Å². The van der Waals surface area contributed by atoms with Gasteiger partial charge in [-0.1, -0.05) is 42.1 Å². The Bertz CT molecular complexity index is 339. The third-order valence-electron chi connectivity index (χ3n) is 3.42. The molecule has 1 unspecified atom stereocenters. The molecule has 0 aromatic heterocycles. The molecular weight excluding hydrogens is 243 g/mol. The molecule has 3 heteroatoms. The molecule has 0 spiro atoms.